The van der Waals surface area contributed by atoms with Gasteiger partial charge in [0.1, 0.15) is 41.7 Å². The normalized spacial score (nSPS) is 21.2. The Bertz CT molecular complexity index is 2950. The lowest BCUT2D eigenvalue weighted by Gasteiger charge is -2.38. The minimum atomic E-state index is -4.72. The average Bonchev–Trinajstić information content (AvgIpc) is 3.82. The molecule has 0 radical (unpaired) electrons. The molecular formula is C49H51F3N14O8. The van der Waals surface area contributed by atoms with Gasteiger partial charge in [0.15, 0.2) is 11.5 Å². The number of nitrogens with one attached hydrogen (secondary N) is 3. The first-order chi connectivity index (χ1) is 35.5. The summed E-state index contributed by atoms with van der Waals surface area (Å²) in [7, 11) is 0. The Balaban J connectivity index is 0.681. The first-order valence-electron chi connectivity index (χ1n) is 23.7. The molecule has 22 nitrogen and oxygen atoms in total. The van der Waals surface area contributed by atoms with Gasteiger partial charge in [-0.15, -0.1) is 0 Å². The summed E-state index contributed by atoms with van der Waals surface area (Å²) in [5, 5.41) is 38.9. The molecule has 74 heavy (non-hydrogen) atoms. The van der Waals surface area contributed by atoms with Crippen LogP contribution in [0.15, 0.2) is 79.5 Å². The number of halogens is 3. The highest BCUT2D eigenvalue weighted by atomic mass is 19.4. The van der Waals surface area contributed by atoms with E-state index in [0.717, 1.165) is 6.20 Å². The first-order valence-corrected chi connectivity index (χ1v) is 23.7. The number of aliphatic hydroxyl groups is 2. The zero-order valence-corrected chi connectivity index (χ0v) is 40.1. The SMILES string of the molecule is CC1(C)C(=O)c2ccc(-c3cnc(N4CCN5C(=O)N(CCOCCNC(=O)c6ccc(C(=O)NC[C@H]7OC[C@H](Nc8cncc(C(F)(F)F)n8)[C@@H](O)[C@H]7O)cc6)C[C@@H]5C4)nc3)nc2N1Cc1cccnc1C#N. The van der Waals surface area contributed by atoms with E-state index >= 15 is 0 Å². The number of anilines is 3. The van der Waals surface area contributed by atoms with Gasteiger partial charge in [0.25, 0.3) is 11.8 Å². The minimum Gasteiger partial charge on any atom is -0.388 e. The van der Waals surface area contributed by atoms with Crippen molar-refractivity contribution in [3.8, 4) is 17.3 Å². The van der Waals surface area contributed by atoms with E-state index in [0.29, 0.717) is 73.1 Å². The minimum absolute atomic E-state index is 0.0695. The Labute approximate surface area is 421 Å². The topological polar surface area (TPSA) is 277 Å². The Morgan fingerprint density at radius 3 is 2.39 bits per heavy atom. The maximum absolute atomic E-state index is 13.5. The van der Waals surface area contributed by atoms with E-state index in [1.165, 1.54) is 24.3 Å². The van der Waals surface area contributed by atoms with Crippen molar-refractivity contribution in [1.82, 2.24) is 50.3 Å². The summed E-state index contributed by atoms with van der Waals surface area (Å²) in [4.78, 5) is 85.3. The fourth-order valence-electron chi connectivity index (χ4n) is 9.22. The van der Waals surface area contributed by atoms with Gasteiger partial charge in [0.05, 0.1) is 61.1 Å². The Kier molecular flexibility index (Phi) is 14.7. The molecule has 3 saturated heterocycles. The summed E-state index contributed by atoms with van der Waals surface area (Å²) in [6.45, 7) is 6.54. The summed E-state index contributed by atoms with van der Waals surface area (Å²) >= 11 is 0. The van der Waals surface area contributed by atoms with Crippen LogP contribution in [-0.4, -0.2) is 175 Å². The number of aromatic nitrogens is 6. The van der Waals surface area contributed by atoms with Gasteiger partial charge in [-0.25, -0.2) is 29.7 Å². The summed E-state index contributed by atoms with van der Waals surface area (Å²) in [5.74, 6) is -0.253. The molecule has 9 rings (SSSR count). The number of amides is 4. The van der Waals surface area contributed by atoms with Gasteiger partial charge < -0.3 is 55.2 Å². The number of urea groups is 1. The molecular weight excluding hydrogens is 970 g/mol. The Morgan fingerprint density at radius 2 is 1.66 bits per heavy atom. The Hall–Kier alpha value is -7.92. The van der Waals surface area contributed by atoms with E-state index in [1.807, 2.05) is 34.6 Å². The number of Topliss-reactive ketones (excluding diaryl/α,β-unsaturated/α-hetero) is 1. The van der Waals surface area contributed by atoms with Gasteiger partial charge in [-0.1, -0.05) is 6.07 Å². The van der Waals surface area contributed by atoms with Gasteiger partial charge in [-0.2, -0.15) is 18.4 Å². The van der Waals surface area contributed by atoms with Crippen LogP contribution in [-0.2, 0) is 22.2 Å². The lowest BCUT2D eigenvalue weighted by Crippen LogP contribution is -2.58. The standard InChI is InChI=1S/C49H51F3N14O8/c1-48(2)42(69)33-9-10-34(61-43(33)66(48)24-30-4-3-11-55-35(30)18-53)31-19-58-46(59-20-31)63-13-14-65-32(25-63)26-64(47(65)72)15-17-73-16-12-56-44(70)28-5-7-29(8-6-28)45(71)57-21-37-41(68)40(67)36(27-74-37)60-39-23-54-22-38(62-39)49(50,51)52/h3-11,19-20,22-23,32,36-37,40-41,67-68H,12-17,21,24-27H2,1-2H3,(H,56,70)(H,57,71)(H,60,62)/t32-,36-,37+,40+,41-/m0/s1. The predicted octanol–water partition coefficient (Wildman–Crippen LogP) is 2.30. The van der Waals surface area contributed by atoms with Crippen molar-refractivity contribution in [2.24, 2.45) is 0 Å². The quantitative estimate of drug-likeness (QED) is 0.0887. The third-order valence-electron chi connectivity index (χ3n) is 13.4. The van der Waals surface area contributed by atoms with E-state index in [9.17, 15) is 47.8 Å². The van der Waals surface area contributed by atoms with Crippen molar-refractivity contribution in [1.29, 1.82) is 5.26 Å². The van der Waals surface area contributed by atoms with Crippen LogP contribution >= 0.6 is 0 Å². The molecule has 0 bridgehead atoms. The number of hydrogen-bond acceptors (Lipinski definition) is 18. The van der Waals surface area contributed by atoms with E-state index in [1.54, 1.807) is 41.7 Å². The van der Waals surface area contributed by atoms with Crippen LogP contribution < -0.4 is 25.8 Å². The maximum atomic E-state index is 13.5. The summed E-state index contributed by atoms with van der Waals surface area (Å²) in [6.07, 6.45) is -2.19. The number of fused-ring (bicyclic) bond motifs is 2. The number of nitriles is 1. The van der Waals surface area contributed by atoms with Crippen LogP contribution in [0.25, 0.3) is 11.3 Å². The monoisotopic (exact) mass is 1020 g/mol. The highest BCUT2D eigenvalue weighted by molar-refractivity contribution is 6.13. The molecule has 0 spiro atoms. The second-order valence-corrected chi connectivity index (χ2v) is 18.5. The molecule has 4 aliphatic rings. The summed E-state index contributed by atoms with van der Waals surface area (Å²) in [6, 6.07) is 13.9. The average molecular weight is 1020 g/mol. The van der Waals surface area contributed by atoms with Gasteiger partial charge in [0.2, 0.25) is 5.95 Å². The van der Waals surface area contributed by atoms with E-state index in [2.05, 4.69) is 46.9 Å². The third-order valence-corrected chi connectivity index (χ3v) is 13.4. The van der Waals surface area contributed by atoms with E-state index in [-0.39, 0.29) is 79.9 Å². The molecule has 5 N–H and O–H groups in total. The van der Waals surface area contributed by atoms with Gasteiger partial charge in [0, 0.05) is 93.2 Å². The largest absolute Gasteiger partial charge is 0.434 e. The van der Waals surface area contributed by atoms with Crippen molar-refractivity contribution in [2.75, 3.05) is 80.8 Å². The molecule has 0 unspecified atom stereocenters. The zero-order chi connectivity index (χ0) is 52.3. The number of carbonyl (C=O) groups is 4. The van der Waals surface area contributed by atoms with Crippen LogP contribution in [0.1, 0.15) is 61.9 Å². The number of piperazine rings is 1. The summed E-state index contributed by atoms with van der Waals surface area (Å²) in [5.41, 5.74) is 1.08. The van der Waals surface area contributed by atoms with Crippen LogP contribution in [0.2, 0.25) is 0 Å². The number of nitrogens with zero attached hydrogens (tertiary/aromatic N) is 11. The van der Waals surface area contributed by atoms with Crippen molar-refractivity contribution in [3.63, 3.8) is 0 Å². The fraction of sp³-hybridized carbons (Fsp3) is 0.408. The molecule has 4 amide bonds. The lowest BCUT2D eigenvalue weighted by molar-refractivity contribution is -0.141. The molecule has 386 valence electrons. The Morgan fingerprint density at radius 1 is 0.919 bits per heavy atom. The number of pyridine rings is 2. The molecule has 3 fully saturated rings. The molecule has 4 aromatic heterocycles. The van der Waals surface area contributed by atoms with Gasteiger partial charge >= 0.3 is 12.2 Å². The van der Waals surface area contributed by atoms with Gasteiger partial charge in [-0.3, -0.25) is 19.4 Å². The molecule has 5 atom stereocenters. The van der Waals surface area contributed by atoms with Crippen molar-refractivity contribution in [3.05, 3.63) is 113 Å². The highest BCUT2D eigenvalue weighted by Gasteiger charge is 2.46. The van der Waals surface area contributed by atoms with E-state index in [4.69, 9.17) is 14.5 Å². The highest BCUT2D eigenvalue weighted by Crippen LogP contribution is 2.40. The number of carbonyl (C=O) groups excluding carboxylic acids is 4. The number of rotatable bonds is 16. The molecule has 0 aliphatic carbocycles. The van der Waals surface area contributed by atoms with Crippen LogP contribution in [0.3, 0.4) is 0 Å². The number of ether oxygens (including phenoxy) is 2. The molecule has 8 heterocycles. The third kappa shape index (κ3) is 10.7. The number of ketones is 1. The van der Waals surface area contributed by atoms with Crippen LogP contribution in [0.4, 0.5) is 35.5 Å². The molecule has 25 heteroatoms. The van der Waals surface area contributed by atoms with Crippen molar-refractivity contribution < 1.29 is 52.0 Å². The zero-order valence-electron chi connectivity index (χ0n) is 40.1. The number of hydrogen-bond donors (Lipinski definition) is 5. The predicted molar refractivity (Wildman–Crippen MR) is 257 cm³/mol. The lowest BCUT2D eigenvalue weighted by atomic mass is 9.97. The van der Waals surface area contributed by atoms with Crippen LogP contribution in [0.5, 0.6) is 0 Å². The smallest absolute Gasteiger partial charge is 0.388 e. The maximum Gasteiger partial charge on any atom is 0.434 e. The fourth-order valence-corrected chi connectivity index (χ4v) is 9.22. The summed E-state index contributed by atoms with van der Waals surface area (Å²) < 4.78 is 50.4. The number of benzene rings is 1. The van der Waals surface area contributed by atoms with Crippen molar-refractivity contribution in [2.45, 2.75) is 62.5 Å². The molecule has 5 aromatic rings. The molecule has 0 saturated carbocycles. The van der Waals surface area contributed by atoms with Crippen molar-refractivity contribution >= 4 is 41.2 Å². The molecule has 4 aliphatic heterocycles. The van der Waals surface area contributed by atoms with E-state index < -0.39 is 53.6 Å². The van der Waals surface area contributed by atoms with Gasteiger partial charge in [-0.05, 0) is 56.3 Å². The molecule has 1 aromatic carbocycles. The number of aliphatic hydroxyl groups excluding tert-OH is 2. The van der Waals surface area contributed by atoms with Crippen LogP contribution in [0, 0.1) is 11.3 Å². The second kappa shape index (κ2) is 21.3. The number of alkyl halides is 3. The second-order valence-electron chi connectivity index (χ2n) is 18.5. The first kappa shape index (κ1) is 51.0.